The Morgan fingerprint density at radius 2 is 2.40 bits per heavy atom. The predicted molar refractivity (Wildman–Crippen MR) is 72.4 cm³/mol. The minimum Gasteiger partial charge on any atom is -0.351 e. The van der Waals surface area contributed by atoms with E-state index in [2.05, 4.69) is 26.2 Å². The fourth-order valence-electron chi connectivity index (χ4n) is 2.01. The van der Waals surface area contributed by atoms with Crippen LogP contribution in [0.5, 0.6) is 0 Å². The lowest BCUT2D eigenvalue weighted by atomic mass is 10.1. The van der Waals surface area contributed by atoms with Crippen LogP contribution in [0.4, 0.5) is 0 Å². The van der Waals surface area contributed by atoms with Crippen molar-refractivity contribution in [1.29, 1.82) is 0 Å². The van der Waals surface area contributed by atoms with Crippen molar-refractivity contribution >= 4 is 17.5 Å². The molecule has 1 fully saturated rings. The van der Waals surface area contributed by atoms with Gasteiger partial charge < -0.3 is 10.6 Å². The molecule has 2 aromatic rings. The van der Waals surface area contributed by atoms with Crippen molar-refractivity contribution in [3.63, 3.8) is 0 Å². The maximum Gasteiger partial charge on any atom is 0.237 e. The highest BCUT2D eigenvalue weighted by molar-refractivity contribution is 6.30. The van der Waals surface area contributed by atoms with Gasteiger partial charge in [-0.05, 0) is 47.2 Å². The van der Waals surface area contributed by atoms with Crippen LogP contribution in [0.15, 0.2) is 24.5 Å². The number of aromatic nitrogens is 4. The smallest absolute Gasteiger partial charge is 0.237 e. The molecular formula is C12H13ClN6O. The van der Waals surface area contributed by atoms with Gasteiger partial charge in [0, 0.05) is 11.6 Å². The molecule has 0 saturated carbocycles. The fourth-order valence-corrected chi connectivity index (χ4v) is 2.20. The van der Waals surface area contributed by atoms with Crippen molar-refractivity contribution in [2.45, 2.75) is 19.0 Å². The number of hydrogen-bond acceptors (Lipinski definition) is 5. The van der Waals surface area contributed by atoms with Crippen LogP contribution in [-0.4, -0.2) is 38.7 Å². The van der Waals surface area contributed by atoms with Crippen molar-refractivity contribution in [2.24, 2.45) is 0 Å². The Morgan fingerprint density at radius 3 is 3.05 bits per heavy atom. The lowest BCUT2D eigenvalue weighted by molar-refractivity contribution is -0.124. The van der Waals surface area contributed by atoms with Crippen LogP contribution in [-0.2, 0) is 11.3 Å². The van der Waals surface area contributed by atoms with Crippen LogP contribution in [0.1, 0.15) is 12.0 Å². The summed E-state index contributed by atoms with van der Waals surface area (Å²) in [5.41, 5.74) is 1.65. The molecule has 0 radical (unpaired) electrons. The third-order valence-electron chi connectivity index (χ3n) is 3.23. The van der Waals surface area contributed by atoms with E-state index in [1.54, 1.807) is 16.8 Å². The summed E-state index contributed by atoms with van der Waals surface area (Å²) in [4.78, 5) is 11.8. The number of tetrazole rings is 1. The van der Waals surface area contributed by atoms with Gasteiger partial charge in [0.15, 0.2) is 0 Å². The zero-order valence-corrected chi connectivity index (χ0v) is 11.3. The molecule has 1 saturated heterocycles. The molecule has 0 bridgehead atoms. The third kappa shape index (κ3) is 2.63. The average Bonchev–Trinajstić information content (AvgIpc) is 2.88. The van der Waals surface area contributed by atoms with E-state index < -0.39 is 0 Å². The second-order valence-corrected chi connectivity index (χ2v) is 4.98. The number of halogens is 1. The molecule has 1 unspecified atom stereocenters. The van der Waals surface area contributed by atoms with Gasteiger partial charge in [-0.15, -0.1) is 5.10 Å². The summed E-state index contributed by atoms with van der Waals surface area (Å²) in [6.07, 6.45) is 2.38. The largest absolute Gasteiger partial charge is 0.351 e. The summed E-state index contributed by atoms with van der Waals surface area (Å²) in [5, 5.41) is 17.6. The van der Waals surface area contributed by atoms with Gasteiger partial charge in [-0.3, -0.25) is 4.79 Å². The molecule has 0 aliphatic carbocycles. The Bertz CT molecular complexity index is 610. The van der Waals surface area contributed by atoms with Gasteiger partial charge in [-0.2, -0.15) is 0 Å². The van der Waals surface area contributed by atoms with Crippen molar-refractivity contribution in [3.8, 4) is 5.69 Å². The topological polar surface area (TPSA) is 84.7 Å². The standard InChI is InChI=1S/C12H13ClN6O/c13-9-1-2-11(19-7-16-17-18-19)8(5-9)6-15-12(20)10-3-4-14-10/h1-2,5,7,10,14H,3-4,6H2,(H,15,20). The van der Waals surface area contributed by atoms with Crippen LogP contribution in [0.2, 0.25) is 5.02 Å². The first-order chi connectivity index (χ1) is 9.74. The molecule has 7 nitrogen and oxygen atoms in total. The summed E-state index contributed by atoms with van der Waals surface area (Å²) >= 11 is 6.01. The minimum absolute atomic E-state index is 0.00103. The molecule has 3 rings (SSSR count). The van der Waals surface area contributed by atoms with E-state index in [4.69, 9.17) is 11.6 Å². The lowest BCUT2D eigenvalue weighted by Gasteiger charge is -2.26. The Balaban J connectivity index is 1.77. The van der Waals surface area contributed by atoms with Gasteiger partial charge in [0.2, 0.25) is 5.91 Å². The number of carbonyl (C=O) groups is 1. The van der Waals surface area contributed by atoms with Gasteiger partial charge in [0.05, 0.1) is 11.7 Å². The number of nitrogens with zero attached hydrogens (tertiary/aromatic N) is 4. The molecule has 2 N–H and O–H groups in total. The first-order valence-electron chi connectivity index (χ1n) is 6.27. The molecule has 1 aliphatic rings. The number of amides is 1. The minimum atomic E-state index is -0.0781. The third-order valence-corrected chi connectivity index (χ3v) is 3.47. The zero-order chi connectivity index (χ0) is 13.9. The van der Waals surface area contributed by atoms with Crippen molar-refractivity contribution in [1.82, 2.24) is 30.8 Å². The zero-order valence-electron chi connectivity index (χ0n) is 10.6. The Kier molecular flexibility index (Phi) is 3.62. The molecule has 104 valence electrons. The van der Waals surface area contributed by atoms with E-state index in [-0.39, 0.29) is 11.9 Å². The summed E-state index contributed by atoms with van der Waals surface area (Å²) in [5.74, 6) is -0.00103. The highest BCUT2D eigenvalue weighted by Crippen LogP contribution is 2.19. The summed E-state index contributed by atoms with van der Waals surface area (Å²) < 4.78 is 1.54. The Hall–Kier alpha value is -1.99. The average molecular weight is 293 g/mol. The molecule has 20 heavy (non-hydrogen) atoms. The molecule has 1 aromatic heterocycles. The second-order valence-electron chi connectivity index (χ2n) is 4.54. The quantitative estimate of drug-likeness (QED) is 0.846. The van der Waals surface area contributed by atoms with Crippen LogP contribution in [0, 0.1) is 0 Å². The van der Waals surface area contributed by atoms with Crippen LogP contribution < -0.4 is 10.6 Å². The van der Waals surface area contributed by atoms with E-state index >= 15 is 0 Å². The Morgan fingerprint density at radius 1 is 1.55 bits per heavy atom. The summed E-state index contributed by atoms with van der Waals surface area (Å²) in [6.45, 7) is 1.28. The van der Waals surface area contributed by atoms with Gasteiger partial charge in [-0.25, -0.2) is 4.68 Å². The molecule has 1 atom stereocenters. The SMILES string of the molecule is O=C(NCc1cc(Cl)ccc1-n1cnnn1)C1CCN1. The lowest BCUT2D eigenvalue weighted by Crippen LogP contribution is -2.53. The maximum atomic E-state index is 11.8. The van der Waals surface area contributed by atoms with Gasteiger partial charge in [-0.1, -0.05) is 11.6 Å². The van der Waals surface area contributed by atoms with E-state index in [0.717, 1.165) is 24.2 Å². The summed E-state index contributed by atoms with van der Waals surface area (Å²) in [7, 11) is 0. The van der Waals surface area contributed by atoms with E-state index in [0.29, 0.717) is 11.6 Å². The first-order valence-corrected chi connectivity index (χ1v) is 6.65. The number of rotatable bonds is 4. The van der Waals surface area contributed by atoms with E-state index in [9.17, 15) is 4.79 Å². The predicted octanol–water partition coefficient (Wildman–Crippen LogP) is 0.294. The highest BCUT2D eigenvalue weighted by atomic mass is 35.5. The molecule has 0 spiro atoms. The molecule has 1 amide bonds. The molecular weight excluding hydrogens is 280 g/mol. The van der Waals surface area contributed by atoms with E-state index in [1.165, 1.54) is 6.33 Å². The van der Waals surface area contributed by atoms with E-state index in [1.807, 2.05) is 6.07 Å². The number of carbonyl (C=O) groups excluding carboxylic acids is 1. The van der Waals surface area contributed by atoms with Crippen LogP contribution in [0.3, 0.4) is 0 Å². The summed E-state index contributed by atoms with van der Waals surface area (Å²) in [6, 6.07) is 5.30. The molecule has 1 aromatic carbocycles. The van der Waals surface area contributed by atoms with Crippen molar-refractivity contribution in [2.75, 3.05) is 6.54 Å². The number of nitrogens with one attached hydrogen (secondary N) is 2. The Labute approximate surface area is 120 Å². The molecule has 8 heteroatoms. The fraction of sp³-hybridized carbons (Fsp3) is 0.333. The van der Waals surface area contributed by atoms with Gasteiger partial charge in [0.25, 0.3) is 0 Å². The molecule has 2 heterocycles. The van der Waals surface area contributed by atoms with Crippen molar-refractivity contribution < 1.29 is 4.79 Å². The maximum absolute atomic E-state index is 11.8. The number of hydrogen-bond donors (Lipinski definition) is 2. The van der Waals surface area contributed by atoms with Crippen LogP contribution >= 0.6 is 11.6 Å². The number of benzene rings is 1. The van der Waals surface area contributed by atoms with Gasteiger partial charge in [0.1, 0.15) is 6.33 Å². The highest BCUT2D eigenvalue weighted by Gasteiger charge is 2.24. The monoisotopic (exact) mass is 292 g/mol. The van der Waals surface area contributed by atoms with Gasteiger partial charge >= 0.3 is 0 Å². The van der Waals surface area contributed by atoms with Crippen LogP contribution in [0.25, 0.3) is 5.69 Å². The molecule has 1 aliphatic heterocycles. The first kappa shape index (κ1) is 13.0. The normalized spacial score (nSPS) is 17.6. The second kappa shape index (κ2) is 5.56. The van der Waals surface area contributed by atoms with Crippen molar-refractivity contribution in [3.05, 3.63) is 35.1 Å².